The fraction of sp³-hybridized carbons (Fsp3) is 0.205. The van der Waals surface area contributed by atoms with E-state index in [0.717, 1.165) is 63.7 Å². The van der Waals surface area contributed by atoms with Crippen molar-refractivity contribution in [2.75, 3.05) is 18.5 Å². The Morgan fingerprint density at radius 1 is 0.796 bits per heavy atom. The number of fused-ring (bicyclic) bond motifs is 1. The Morgan fingerprint density at radius 3 is 2.11 bits per heavy atom. The number of carbonyl (C=O) groups is 2. The third-order valence-corrected chi connectivity index (χ3v) is 9.86. The van der Waals surface area contributed by atoms with Gasteiger partial charge in [0.15, 0.2) is 12.1 Å². The Kier molecular flexibility index (Phi) is 9.83. The Labute approximate surface area is 313 Å². The molecule has 0 bridgehead atoms. The van der Waals surface area contributed by atoms with E-state index in [9.17, 15) is 9.59 Å². The van der Waals surface area contributed by atoms with Crippen LogP contribution in [0.4, 0.5) is 5.69 Å². The normalized spacial score (nSPS) is 14.5. The molecular formula is C44H40N6O4. The summed E-state index contributed by atoms with van der Waals surface area (Å²) in [5, 5.41) is 14.2. The van der Waals surface area contributed by atoms with Crippen LogP contribution in [-0.2, 0) is 24.6 Å². The van der Waals surface area contributed by atoms with Crippen molar-refractivity contribution in [3.63, 3.8) is 0 Å². The average molecular weight is 717 g/mol. The van der Waals surface area contributed by atoms with E-state index in [2.05, 4.69) is 90.2 Å². The van der Waals surface area contributed by atoms with Crippen LogP contribution in [0.2, 0.25) is 0 Å². The van der Waals surface area contributed by atoms with E-state index >= 15 is 0 Å². The van der Waals surface area contributed by atoms with Gasteiger partial charge in [0.2, 0.25) is 5.91 Å². The van der Waals surface area contributed by atoms with Crippen LogP contribution in [0.3, 0.4) is 0 Å². The summed E-state index contributed by atoms with van der Waals surface area (Å²) in [6.45, 7) is 2.03. The second kappa shape index (κ2) is 15.3. The summed E-state index contributed by atoms with van der Waals surface area (Å²) in [5.74, 6) is -0.0927. The Bertz CT molecular complexity index is 2290. The second-order valence-electron chi connectivity index (χ2n) is 13.4. The van der Waals surface area contributed by atoms with Crippen LogP contribution in [0, 0.1) is 0 Å². The molecule has 0 radical (unpaired) electrons. The van der Waals surface area contributed by atoms with Crippen molar-refractivity contribution < 1.29 is 19.1 Å². The van der Waals surface area contributed by atoms with Crippen LogP contribution in [0.25, 0.3) is 33.5 Å². The van der Waals surface area contributed by atoms with Gasteiger partial charge in [-0.05, 0) is 66.3 Å². The Hall–Kier alpha value is -6.39. The summed E-state index contributed by atoms with van der Waals surface area (Å²) in [7, 11) is 0. The maximum atomic E-state index is 12.7. The standard InChI is InChI=1S/C44H40N6O4/c1-31(51)53-27-25-40(52)46-37-21-13-14-32(28-37)42-38-29-33(23-24-39(38)50(47-42)41-22-11-12-26-54-41)43-45-30-49(48-43)44(34-15-5-2-6-16-34,35-17-7-3-8-18-35)36-19-9-4-10-20-36/h2-10,13-21,23-24,28-30,41H,11-12,22,25-27H2,1H3,(H,46,52). The number of nitrogens with zero attached hydrogens (tertiary/aromatic N) is 5. The summed E-state index contributed by atoms with van der Waals surface area (Å²) in [4.78, 5) is 28.8. The van der Waals surface area contributed by atoms with Gasteiger partial charge in [0, 0.05) is 35.7 Å². The van der Waals surface area contributed by atoms with Gasteiger partial charge in [-0.15, -0.1) is 5.10 Å². The number of nitrogens with one attached hydrogen (secondary N) is 1. The zero-order chi connectivity index (χ0) is 36.9. The Morgan fingerprint density at radius 2 is 1.48 bits per heavy atom. The van der Waals surface area contributed by atoms with Crippen molar-refractivity contribution in [3.05, 3.63) is 156 Å². The number of esters is 1. The lowest BCUT2D eigenvalue weighted by Gasteiger charge is -2.35. The summed E-state index contributed by atoms with van der Waals surface area (Å²) < 4.78 is 15.1. The minimum Gasteiger partial charge on any atom is -0.465 e. The zero-order valence-electron chi connectivity index (χ0n) is 30.0. The highest BCUT2D eigenvalue weighted by Crippen LogP contribution is 2.41. The number of rotatable bonds is 11. The van der Waals surface area contributed by atoms with E-state index in [-0.39, 0.29) is 25.2 Å². The lowest BCUT2D eigenvalue weighted by molar-refractivity contribution is -0.141. The van der Waals surface area contributed by atoms with E-state index in [0.29, 0.717) is 18.1 Å². The third kappa shape index (κ3) is 6.79. The number of amides is 1. The maximum Gasteiger partial charge on any atom is 0.302 e. The largest absolute Gasteiger partial charge is 0.465 e. The van der Waals surface area contributed by atoms with E-state index in [1.165, 1.54) is 6.92 Å². The lowest BCUT2D eigenvalue weighted by atomic mass is 9.77. The van der Waals surface area contributed by atoms with E-state index in [1.807, 2.05) is 64.2 Å². The Balaban J connectivity index is 1.23. The molecule has 10 nitrogen and oxygen atoms in total. The number of aromatic nitrogens is 5. The first kappa shape index (κ1) is 34.7. The van der Waals surface area contributed by atoms with Gasteiger partial charge in [0.25, 0.3) is 0 Å². The first-order valence-corrected chi connectivity index (χ1v) is 18.3. The van der Waals surface area contributed by atoms with Crippen molar-refractivity contribution in [1.29, 1.82) is 0 Å². The van der Waals surface area contributed by atoms with Crippen LogP contribution in [0.15, 0.2) is 140 Å². The van der Waals surface area contributed by atoms with E-state index < -0.39 is 11.5 Å². The lowest BCUT2D eigenvalue weighted by Crippen LogP contribution is -2.38. The van der Waals surface area contributed by atoms with Crippen LogP contribution in [-0.4, -0.2) is 49.6 Å². The predicted molar refractivity (Wildman–Crippen MR) is 208 cm³/mol. The number of ether oxygens (including phenoxy) is 2. The first-order valence-electron chi connectivity index (χ1n) is 18.3. The molecule has 1 aliphatic heterocycles. The third-order valence-electron chi connectivity index (χ3n) is 9.86. The molecule has 1 saturated heterocycles. The van der Waals surface area contributed by atoms with E-state index in [4.69, 9.17) is 24.7 Å². The molecule has 2 aromatic heterocycles. The smallest absolute Gasteiger partial charge is 0.302 e. The molecule has 270 valence electrons. The van der Waals surface area contributed by atoms with Gasteiger partial charge in [0.05, 0.1) is 11.9 Å². The van der Waals surface area contributed by atoms with Crippen LogP contribution >= 0.6 is 0 Å². The predicted octanol–water partition coefficient (Wildman–Crippen LogP) is 8.39. The zero-order valence-corrected chi connectivity index (χ0v) is 30.0. The molecule has 1 unspecified atom stereocenters. The van der Waals surface area contributed by atoms with Crippen molar-refractivity contribution >= 4 is 28.5 Å². The fourth-order valence-electron chi connectivity index (χ4n) is 7.38. The molecule has 0 spiro atoms. The van der Waals surface area contributed by atoms with Crippen molar-refractivity contribution in [2.24, 2.45) is 0 Å². The van der Waals surface area contributed by atoms with Crippen LogP contribution in [0.5, 0.6) is 0 Å². The molecule has 1 aliphatic rings. The van der Waals surface area contributed by atoms with Gasteiger partial charge in [-0.3, -0.25) is 9.59 Å². The van der Waals surface area contributed by atoms with Gasteiger partial charge in [0.1, 0.15) is 24.2 Å². The molecule has 0 aliphatic carbocycles. The first-order chi connectivity index (χ1) is 26.5. The molecule has 1 amide bonds. The highest BCUT2D eigenvalue weighted by molar-refractivity contribution is 5.97. The molecule has 10 heteroatoms. The van der Waals surface area contributed by atoms with Gasteiger partial charge in [-0.25, -0.2) is 14.3 Å². The van der Waals surface area contributed by atoms with Crippen molar-refractivity contribution in [2.45, 2.75) is 44.4 Å². The minimum atomic E-state index is -0.795. The summed E-state index contributed by atoms with van der Waals surface area (Å²) in [5.41, 5.74) is 6.36. The average Bonchev–Trinajstić information content (AvgIpc) is 3.86. The van der Waals surface area contributed by atoms with Gasteiger partial charge >= 0.3 is 5.97 Å². The SMILES string of the molecule is CC(=O)OCCC(=O)Nc1cccc(-c2nn(C3CCCCO3)c3ccc(-c4ncn(C(c5ccccc5)(c5ccccc5)c5ccccc5)n4)cc23)c1. The number of benzene rings is 5. The summed E-state index contributed by atoms with van der Waals surface area (Å²) in [6.07, 6.45) is 4.64. The van der Waals surface area contributed by atoms with Gasteiger partial charge < -0.3 is 14.8 Å². The molecular weight excluding hydrogens is 677 g/mol. The van der Waals surface area contributed by atoms with E-state index in [1.54, 1.807) is 0 Å². The quantitative estimate of drug-likeness (QED) is 0.106. The second-order valence-corrected chi connectivity index (χ2v) is 13.4. The monoisotopic (exact) mass is 716 g/mol. The van der Waals surface area contributed by atoms with Gasteiger partial charge in [-0.1, -0.05) is 103 Å². The molecule has 54 heavy (non-hydrogen) atoms. The number of hydrogen-bond acceptors (Lipinski definition) is 7. The fourth-order valence-corrected chi connectivity index (χ4v) is 7.38. The number of anilines is 1. The van der Waals surface area contributed by atoms with Gasteiger partial charge in [-0.2, -0.15) is 5.10 Å². The van der Waals surface area contributed by atoms with Crippen molar-refractivity contribution in [1.82, 2.24) is 24.5 Å². The highest BCUT2D eigenvalue weighted by atomic mass is 16.5. The van der Waals surface area contributed by atoms with Crippen molar-refractivity contribution in [3.8, 4) is 22.6 Å². The minimum absolute atomic E-state index is 0.0209. The topological polar surface area (TPSA) is 113 Å². The number of carbonyl (C=O) groups excluding carboxylic acids is 2. The highest BCUT2D eigenvalue weighted by Gasteiger charge is 2.39. The molecule has 0 saturated carbocycles. The molecule has 1 fully saturated rings. The summed E-state index contributed by atoms with van der Waals surface area (Å²) in [6, 6.07) is 45.1. The van der Waals surface area contributed by atoms with Crippen LogP contribution in [0.1, 0.15) is 55.5 Å². The summed E-state index contributed by atoms with van der Waals surface area (Å²) >= 11 is 0. The molecule has 3 heterocycles. The maximum absolute atomic E-state index is 12.7. The number of hydrogen-bond donors (Lipinski definition) is 1. The molecule has 1 N–H and O–H groups in total. The molecule has 1 atom stereocenters. The van der Waals surface area contributed by atoms with Crippen LogP contribution < -0.4 is 5.32 Å². The molecule has 5 aromatic carbocycles. The molecule has 8 rings (SSSR count). The molecule has 7 aromatic rings.